The Hall–Kier alpha value is -2.87. The number of amides is 1. The van der Waals surface area contributed by atoms with Crippen LogP contribution in [0.25, 0.3) is 6.08 Å². The van der Waals surface area contributed by atoms with Gasteiger partial charge in [0.15, 0.2) is 4.32 Å². The Balaban J connectivity index is 1.39. The topological polar surface area (TPSA) is 38.8 Å². The van der Waals surface area contributed by atoms with Crippen molar-refractivity contribution in [3.63, 3.8) is 0 Å². The first-order valence-electron chi connectivity index (χ1n) is 9.65. The Morgan fingerprint density at radius 1 is 1.00 bits per heavy atom. The summed E-state index contributed by atoms with van der Waals surface area (Å²) < 4.78 is 25.0. The maximum absolute atomic E-state index is 13.2. The molecule has 1 fully saturated rings. The number of thiocarbonyl (C=S) groups is 1. The van der Waals surface area contributed by atoms with Crippen molar-refractivity contribution in [1.82, 2.24) is 0 Å². The fraction of sp³-hybridized carbons (Fsp3) is 0.0833. The van der Waals surface area contributed by atoms with Gasteiger partial charge in [-0.15, -0.1) is 0 Å². The lowest BCUT2D eigenvalue weighted by atomic mass is 10.2. The molecule has 0 atom stereocenters. The van der Waals surface area contributed by atoms with Crippen LogP contribution < -0.4 is 14.4 Å². The number of carbonyl (C=O) groups excluding carboxylic acids is 1. The number of benzene rings is 3. The Bertz CT molecular complexity index is 1180. The predicted molar refractivity (Wildman–Crippen MR) is 131 cm³/mol. The lowest BCUT2D eigenvalue weighted by Gasteiger charge is -2.14. The molecule has 0 spiro atoms. The van der Waals surface area contributed by atoms with Gasteiger partial charge in [0.1, 0.15) is 30.5 Å². The van der Waals surface area contributed by atoms with Crippen molar-refractivity contribution in [3.8, 4) is 11.5 Å². The van der Waals surface area contributed by atoms with Gasteiger partial charge in [-0.1, -0.05) is 59.8 Å². The van der Waals surface area contributed by atoms with Gasteiger partial charge in [0, 0.05) is 0 Å². The number of hydrogen-bond donors (Lipinski definition) is 0. The van der Waals surface area contributed by atoms with Crippen molar-refractivity contribution in [2.75, 3.05) is 18.1 Å². The molecule has 3 aromatic carbocycles. The molecule has 3 aromatic rings. The third-order valence-corrected chi connectivity index (χ3v) is 6.10. The molecule has 0 aliphatic carbocycles. The van der Waals surface area contributed by atoms with Crippen molar-refractivity contribution in [2.45, 2.75) is 0 Å². The van der Waals surface area contributed by atoms with E-state index in [4.69, 9.17) is 33.3 Å². The number of ether oxygens (including phenoxy) is 2. The molecule has 4 rings (SSSR count). The Morgan fingerprint density at radius 2 is 1.75 bits per heavy atom. The average molecular weight is 486 g/mol. The molecule has 162 valence electrons. The van der Waals surface area contributed by atoms with Gasteiger partial charge in [-0.25, -0.2) is 4.39 Å². The number of carbonyl (C=O) groups is 1. The SMILES string of the molecule is O=C1/C(=C\c2cccc(OCCOc3ccccc3Cl)c2)SC(=S)N1c1ccc(F)cc1. The fourth-order valence-corrected chi connectivity index (χ4v) is 4.49. The molecular weight excluding hydrogens is 469 g/mol. The molecule has 0 unspecified atom stereocenters. The van der Waals surface area contributed by atoms with Crippen LogP contribution in [0.2, 0.25) is 5.02 Å². The number of halogens is 2. The lowest BCUT2D eigenvalue weighted by Crippen LogP contribution is -2.27. The molecular formula is C24H17ClFNO3S2. The normalized spacial score (nSPS) is 14.8. The van der Waals surface area contributed by atoms with Gasteiger partial charge in [-0.3, -0.25) is 9.69 Å². The first-order valence-corrected chi connectivity index (χ1v) is 11.3. The molecule has 32 heavy (non-hydrogen) atoms. The highest BCUT2D eigenvalue weighted by Gasteiger charge is 2.33. The second-order valence-electron chi connectivity index (χ2n) is 6.69. The van der Waals surface area contributed by atoms with Gasteiger partial charge in [-0.05, 0) is 60.2 Å². The smallest absolute Gasteiger partial charge is 0.270 e. The van der Waals surface area contributed by atoms with Crippen molar-refractivity contribution in [2.24, 2.45) is 0 Å². The summed E-state index contributed by atoms with van der Waals surface area (Å²) in [5.41, 5.74) is 1.34. The third kappa shape index (κ3) is 5.30. The Labute approximate surface area is 199 Å². The summed E-state index contributed by atoms with van der Waals surface area (Å²) in [5, 5.41) is 0.549. The largest absolute Gasteiger partial charge is 0.490 e. The van der Waals surface area contributed by atoms with Gasteiger partial charge >= 0.3 is 0 Å². The van der Waals surface area contributed by atoms with E-state index in [1.807, 2.05) is 36.4 Å². The standard InChI is InChI=1S/C24H17ClFNO3S2/c25-20-6-1-2-7-21(20)30-13-12-29-19-5-3-4-16(14-19)15-22-23(28)27(24(31)32-22)18-10-8-17(26)9-11-18/h1-11,14-15H,12-13H2/b22-15+. The van der Waals surface area contributed by atoms with Crippen LogP contribution in [0.5, 0.6) is 11.5 Å². The monoisotopic (exact) mass is 485 g/mol. The zero-order valence-electron chi connectivity index (χ0n) is 16.7. The maximum atomic E-state index is 13.2. The second-order valence-corrected chi connectivity index (χ2v) is 8.78. The van der Waals surface area contributed by atoms with Crippen LogP contribution in [0, 0.1) is 5.82 Å². The van der Waals surface area contributed by atoms with E-state index in [0.717, 1.165) is 5.56 Å². The molecule has 0 aromatic heterocycles. The summed E-state index contributed by atoms with van der Waals surface area (Å²) in [7, 11) is 0. The van der Waals surface area contributed by atoms with Gasteiger partial charge in [0.2, 0.25) is 0 Å². The minimum absolute atomic E-state index is 0.244. The minimum Gasteiger partial charge on any atom is -0.490 e. The quantitative estimate of drug-likeness (QED) is 0.222. The molecule has 0 saturated carbocycles. The minimum atomic E-state index is -0.371. The highest BCUT2D eigenvalue weighted by molar-refractivity contribution is 8.27. The number of rotatable bonds is 7. The molecule has 1 heterocycles. The fourth-order valence-electron chi connectivity index (χ4n) is 3.00. The zero-order chi connectivity index (χ0) is 22.5. The van der Waals surface area contributed by atoms with Gasteiger partial charge < -0.3 is 9.47 Å². The summed E-state index contributed by atoms with van der Waals surface area (Å²) in [6, 6.07) is 20.3. The van der Waals surface area contributed by atoms with Crippen LogP contribution >= 0.6 is 35.6 Å². The van der Waals surface area contributed by atoms with Crippen molar-refractivity contribution in [3.05, 3.63) is 94.1 Å². The molecule has 1 saturated heterocycles. The summed E-state index contributed by atoms with van der Waals surface area (Å²) in [6.45, 7) is 0.672. The molecule has 0 N–H and O–H groups in total. The van der Waals surface area contributed by atoms with E-state index >= 15 is 0 Å². The van der Waals surface area contributed by atoms with Crippen LogP contribution in [0.3, 0.4) is 0 Å². The van der Waals surface area contributed by atoms with Gasteiger partial charge in [0.25, 0.3) is 5.91 Å². The number of anilines is 1. The summed E-state index contributed by atoms with van der Waals surface area (Å²) in [5.74, 6) is 0.639. The van der Waals surface area contributed by atoms with E-state index < -0.39 is 0 Å². The number of hydrogen-bond acceptors (Lipinski definition) is 5. The molecule has 0 radical (unpaired) electrons. The van der Waals surface area contributed by atoms with Crippen LogP contribution in [0.15, 0.2) is 77.7 Å². The molecule has 4 nitrogen and oxygen atoms in total. The van der Waals surface area contributed by atoms with Crippen LogP contribution in [0.4, 0.5) is 10.1 Å². The molecule has 1 amide bonds. The van der Waals surface area contributed by atoms with E-state index in [-0.39, 0.29) is 11.7 Å². The molecule has 0 bridgehead atoms. The predicted octanol–water partition coefficient (Wildman–Crippen LogP) is 6.34. The second kappa shape index (κ2) is 10.2. The van der Waals surface area contributed by atoms with Crippen LogP contribution in [0.1, 0.15) is 5.56 Å². The van der Waals surface area contributed by atoms with E-state index in [0.29, 0.717) is 44.6 Å². The van der Waals surface area contributed by atoms with E-state index in [1.54, 1.807) is 18.2 Å². The van der Waals surface area contributed by atoms with E-state index in [9.17, 15) is 9.18 Å². The van der Waals surface area contributed by atoms with E-state index in [1.165, 1.54) is 40.9 Å². The molecule has 1 aliphatic rings. The molecule has 8 heteroatoms. The van der Waals surface area contributed by atoms with Crippen molar-refractivity contribution < 1.29 is 18.7 Å². The summed E-state index contributed by atoms with van der Waals surface area (Å²) >= 11 is 12.6. The van der Waals surface area contributed by atoms with E-state index in [2.05, 4.69) is 0 Å². The molecule has 1 aliphatic heterocycles. The highest BCUT2D eigenvalue weighted by Crippen LogP contribution is 2.36. The van der Waals surface area contributed by atoms with Crippen LogP contribution in [-0.4, -0.2) is 23.4 Å². The van der Waals surface area contributed by atoms with Crippen LogP contribution in [-0.2, 0) is 4.79 Å². The number of nitrogens with zero attached hydrogens (tertiary/aromatic N) is 1. The number of para-hydroxylation sites is 1. The van der Waals surface area contributed by atoms with Crippen molar-refractivity contribution >= 4 is 57.6 Å². The first-order chi connectivity index (χ1) is 15.5. The van der Waals surface area contributed by atoms with Crippen molar-refractivity contribution in [1.29, 1.82) is 0 Å². The summed E-state index contributed by atoms with van der Waals surface area (Å²) in [6.07, 6.45) is 1.76. The van der Waals surface area contributed by atoms with Gasteiger partial charge in [-0.2, -0.15) is 0 Å². The summed E-state index contributed by atoms with van der Waals surface area (Å²) in [4.78, 5) is 14.7. The van der Waals surface area contributed by atoms with Gasteiger partial charge in [0.05, 0.1) is 15.6 Å². The Kier molecular flexibility index (Phi) is 7.09. The number of thioether (sulfide) groups is 1. The first kappa shape index (κ1) is 22.3. The highest BCUT2D eigenvalue weighted by atomic mass is 35.5. The Morgan fingerprint density at radius 3 is 2.53 bits per heavy atom. The lowest BCUT2D eigenvalue weighted by molar-refractivity contribution is -0.113. The third-order valence-electron chi connectivity index (χ3n) is 4.48. The zero-order valence-corrected chi connectivity index (χ0v) is 19.1. The average Bonchev–Trinajstić information content (AvgIpc) is 3.06. The maximum Gasteiger partial charge on any atom is 0.270 e.